The van der Waals surface area contributed by atoms with Crippen LogP contribution in [0.3, 0.4) is 0 Å². The second-order valence-electron chi connectivity index (χ2n) is 4.32. The van der Waals surface area contributed by atoms with Crippen LogP contribution in [0.4, 0.5) is 0 Å². The fraction of sp³-hybridized carbons (Fsp3) is 0.214. The van der Waals surface area contributed by atoms with E-state index in [0.29, 0.717) is 5.76 Å². The molecule has 1 N–H and O–H groups in total. The first kappa shape index (κ1) is 15.1. The van der Waals surface area contributed by atoms with Crippen molar-refractivity contribution < 1.29 is 27.5 Å². The Morgan fingerprint density at radius 3 is 2.67 bits per heavy atom. The second kappa shape index (κ2) is 6.01. The molecule has 0 saturated carbocycles. The fourth-order valence-electron chi connectivity index (χ4n) is 1.86. The third-order valence-electron chi connectivity index (χ3n) is 2.96. The lowest BCUT2D eigenvalue weighted by atomic mass is 10.2. The molecule has 0 aliphatic carbocycles. The van der Waals surface area contributed by atoms with Gasteiger partial charge in [0, 0.05) is 6.42 Å². The summed E-state index contributed by atoms with van der Waals surface area (Å²) in [5.41, 5.74) is -0.184. The lowest BCUT2D eigenvalue weighted by Crippen LogP contribution is -2.11. The van der Waals surface area contributed by atoms with Gasteiger partial charge >= 0.3 is 5.97 Å². The predicted octanol–water partition coefficient (Wildman–Crippen LogP) is 2.00. The average Bonchev–Trinajstić information content (AvgIpc) is 2.97. The Morgan fingerprint density at radius 2 is 2.10 bits per heavy atom. The van der Waals surface area contributed by atoms with E-state index in [4.69, 9.17) is 14.3 Å². The molecule has 0 aliphatic heterocycles. The van der Waals surface area contributed by atoms with Gasteiger partial charge in [-0.25, -0.2) is 13.2 Å². The summed E-state index contributed by atoms with van der Waals surface area (Å²) in [5, 5.41) is 9.08. The maximum atomic E-state index is 12.2. The van der Waals surface area contributed by atoms with Crippen molar-refractivity contribution in [1.29, 1.82) is 0 Å². The SMILES string of the molecule is COc1ccc(S(=O)(=O)CCc2ccco2)cc1C(=O)O. The quantitative estimate of drug-likeness (QED) is 0.877. The molecular formula is C14H14O6S. The van der Waals surface area contributed by atoms with Crippen molar-refractivity contribution in [3.05, 3.63) is 47.9 Å². The smallest absolute Gasteiger partial charge is 0.339 e. The highest BCUT2D eigenvalue weighted by atomic mass is 32.2. The number of hydrogen-bond acceptors (Lipinski definition) is 5. The van der Waals surface area contributed by atoms with Gasteiger partial charge in [0.05, 0.1) is 24.0 Å². The molecule has 1 heterocycles. The summed E-state index contributed by atoms with van der Waals surface area (Å²) in [6.07, 6.45) is 1.70. The van der Waals surface area contributed by atoms with Gasteiger partial charge in [-0.05, 0) is 30.3 Å². The summed E-state index contributed by atoms with van der Waals surface area (Å²) in [7, 11) is -2.27. The molecule has 0 unspecified atom stereocenters. The first-order chi connectivity index (χ1) is 9.94. The van der Waals surface area contributed by atoms with Gasteiger partial charge in [0.15, 0.2) is 9.84 Å². The molecule has 1 aromatic heterocycles. The normalized spacial score (nSPS) is 11.3. The third kappa shape index (κ3) is 3.43. The molecule has 0 fully saturated rings. The van der Waals surface area contributed by atoms with Crippen LogP contribution in [0.15, 0.2) is 45.9 Å². The Kier molecular flexibility index (Phi) is 4.32. The zero-order chi connectivity index (χ0) is 15.5. The fourth-order valence-corrected chi connectivity index (χ4v) is 3.13. The molecule has 0 aliphatic rings. The van der Waals surface area contributed by atoms with Crippen molar-refractivity contribution in [3.8, 4) is 5.75 Å². The number of carboxylic acids is 1. The van der Waals surface area contributed by atoms with E-state index >= 15 is 0 Å². The van der Waals surface area contributed by atoms with Gasteiger partial charge in [0.25, 0.3) is 0 Å². The summed E-state index contributed by atoms with van der Waals surface area (Å²) in [6, 6.07) is 7.15. The monoisotopic (exact) mass is 310 g/mol. The lowest BCUT2D eigenvalue weighted by Gasteiger charge is -2.08. The number of rotatable bonds is 6. The van der Waals surface area contributed by atoms with E-state index in [0.717, 1.165) is 6.07 Å². The molecule has 0 spiro atoms. The van der Waals surface area contributed by atoms with E-state index in [1.807, 2.05) is 0 Å². The minimum absolute atomic E-state index is 0.0488. The number of methoxy groups -OCH3 is 1. The van der Waals surface area contributed by atoms with Crippen molar-refractivity contribution in [2.45, 2.75) is 11.3 Å². The Labute approximate surface area is 121 Å². The van der Waals surface area contributed by atoms with Gasteiger partial charge in [0.1, 0.15) is 17.1 Å². The van der Waals surface area contributed by atoms with Crippen LogP contribution >= 0.6 is 0 Å². The topological polar surface area (TPSA) is 93.8 Å². The number of aromatic carboxylic acids is 1. The van der Waals surface area contributed by atoms with Crippen molar-refractivity contribution in [1.82, 2.24) is 0 Å². The number of carbonyl (C=O) groups is 1. The van der Waals surface area contributed by atoms with E-state index in [1.54, 1.807) is 12.1 Å². The van der Waals surface area contributed by atoms with Crippen LogP contribution < -0.4 is 4.74 Å². The molecule has 112 valence electrons. The minimum Gasteiger partial charge on any atom is -0.496 e. The van der Waals surface area contributed by atoms with Crippen LogP contribution in [0.5, 0.6) is 5.75 Å². The maximum absolute atomic E-state index is 12.2. The summed E-state index contributed by atoms with van der Waals surface area (Å²) in [4.78, 5) is 11.1. The van der Waals surface area contributed by atoms with Gasteiger partial charge in [-0.3, -0.25) is 0 Å². The average molecular weight is 310 g/mol. The van der Waals surface area contributed by atoms with Crippen LogP contribution in [0.25, 0.3) is 0 Å². The first-order valence-electron chi connectivity index (χ1n) is 6.10. The minimum atomic E-state index is -3.60. The van der Waals surface area contributed by atoms with Crippen molar-refractivity contribution in [2.24, 2.45) is 0 Å². The van der Waals surface area contributed by atoms with E-state index in [9.17, 15) is 13.2 Å². The molecule has 2 aromatic rings. The van der Waals surface area contributed by atoms with E-state index in [-0.39, 0.29) is 28.4 Å². The summed E-state index contributed by atoms with van der Waals surface area (Å²) < 4.78 is 34.4. The molecule has 0 radical (unpaired) electrons. The van der Waals surface area contributed by atoms with Gasteiger partial charge in [-0.1, -0.05) is 0 Å². The molecule has 7 heteroatoms. The first-order valence-corrected chi connectivity index (χ1v) is 7.76. The summed E-state index contributed by atoms with van der Waals surface area (Å²) >= 11 is 0. The number of furan rings is 1. The van der Waals surface area contributed by atoms with Crippen LogP contribution in [0.1, 0.15) is 16.1 Å². The highest BCUT2D eigenvalue weighted by molar-refractivity contribution is 7.91. The standard InChI is InChI=1S/C14H14O6S/c1-19-13-5-4-11(9-12(13)14(15)16)21(17,18)8-6-10-3-2-7-20-10/h2-5,7,9H,6,8H2,1H3,(H,15,16). The van der Waals surface area contributed by atoms with Gasteiger partial charge in [0.2, 0.25) is 0 Å². The van der Waals surface area contributed by atoms with Crippen LogP contribution in [-0.2, 0) is 16.3 Å². The van der Waals surface area contributed by atoms with E-state index in [1.165, 1.54) is 25.5 Å². The molecular weight excluding hydrogens is 296 g/mol. The molecule has 1 aromatic carbocycles. The number of benzene rings is 1. The van der Waals surface area contributed by atoms with Crippen LogP contribution in [-0.4, -0.2) is 32.4 Å². The Hall–Kier alpha value is -2.28. The second-order valence-corrected chi connectivity index (χ2v) is 6.42. The molecule has 2 rings (SSSR count). The molecule has 0 atom stereocenters. The number of hydrogen-bond donors (Lipinski definition) is 1. The van der Waals surface area contributed by atoms with Gasteiger partial charge in [-0.15, -0.1) is 0 Å². The zero-order valence-corrected chi connectivity index (χ0v) is 12.1. The lowest BCUT2D eigenvalue weighted by molar-refractivity contribution is 0.0693. The van der Waals surface area contributed by atoms with Gasteiger partial charge in [-0.2, -0.15) is 0 Å². The van der Waals surface area contributed by atoms with Crippen LogP contribution in [0, 0.1) is 0 Å². The van der Waals surface area contributed by atoms with Crippen molar-refractivity contribution in [3.63, 3.8) is 0 Å². The Bertz CT molecular complexity index is 731. The molecule has 0 amide bonds. The number of aryl methyl sites for hydroxylation is 1. The van der Waals surface area contributed by atoms with Crippen LogP contribution in [0.2, 0.25) is 0 Å². The molecule has 6 nitrogen and oxygen atoms in total. The summed E-state index contributed by atoms with van der Waals surface area (Å²) in [6.45, 7) is 0. The van der Waals surface area contributed by atoms with Crippen molar-refractivity contribution in [2.75, 3.05) is 12.9 Å². The number of sulfone groups is 1. The largest absolute Gasteiger partial charge is 0.496 e. The zero-order valence-electron chi connectivity index (χ0n) is 11.3. The maximum Gasteiger partial charge on any atom is 0.339 e. The van der Waals surface area contributed by atoms with E-state index < -0.39 is 15.8 Å². The third-order valence-corrected chi connectivity index (χ3v) is 4.67. The predicted molar refractivity (Wildman–Crippen MR) is 74.4 cm³/mol. The molecule has 21 heavy (non-hydrogen) atoms. The Balaban J connectivity index is 2.27. The highest BCUT2D eigenvalue weighted by Gasteiger charge is 2.20. The number of carboxylic acid groups (broad SMARTS) is 1. The van der Waals surface area contributed by atoms with E-state index in [2.05, 4.69) is 0 Å². The van der Waals surface area contributed by atoms with Gasteiger partial charge < -0.3 is 14.3 Å². The number of ether oxygens (including phenoxy) is 1. The molecule has 0 saturated heterocycles. The molecule has 0 bridgehead atoms. The summed E-state index contributed by atoms with van der Waals surface area (Å²) in [5.74, 6) is -0.723. The highest BCUT2D eigenvalue weighted by Crippen LogP contribution is 2.23. The van der Waals surface area contributed by atoms with Crippen molar-refractivity contribution >= 4 is 15.8 Å². The Morgan fingerprint density at radius 1 is 1.33 bits per heavy atom.